The van der Waals surface area contributed by atoms with Gasteiger partial charge in [0.2, 0.25) is 0 Å². The molecule has 1 rings (SSSR count). The van der Waals surface area contributed by atoms with Crippen molar-refractivity contribution < 1.29 is 19.5 Å². The topological polar surface area (TPSA) is 102 Å². The summed E-state index contributed by atoms with van der Waals surface area (Å²) in [6.07, 6.45) is -1.12. The molecule has 0 aliphatic rings. The first-order chi connectivity index (χ1) is 7.13. The number of hydrogen-bond donors (Lipinski definition) is 3. The van der Waals surface area contributed by atoms with Gasteiger partial charge in [0.05, 0.1) is 5.56 Å². The van der Waals surface area contributed by atoms with Gasteiger partial charge in [0, 0.05) is 6.54 Å². The highest BCUT2D eigenvalue weighted by molar-refractivity contribution is 5.89. The standard InChI is InChI=1S/C9H10N2O4/c10-15-8(12)7-3-1-2-6(4-7)5-11-9(13)14/h1-4,11H,5,10H2,(H,13,14). The zero-order chi connectivity index (χ0) is 11.3. The molecule has 80 valence electrons. The summed E-state index contributed by atoms with van der Waals surface area (Å²) in [5.41, 5.74) is 0.933. The van der Waals surface area contributed by atoms with E-state index in [1.165, 1.54) is 12.1 Å². The molecule has 0 aromatic heterocycles. The van der Waals surface area contributed by atoms with Crippen LogP contribution in [-0.4, -0.2) is 17.2 Å². The van der Waals surface area contributed by atoms with Crippen LogP contribution in [0.4, 0.5) is 4.79 Å². The van der Waals surface area contributed by atoms with E-state index in [9.17, 15) is 9.59 Å². The lowest BCUT2D eigenvalue weighted by atomic mass is 10.1. The normalized spacial score (nSPS) is 9.40. The van der Waals surface area contributed by atoms with Gasteiger partial charge < -0.3 is 15.3 Å². The molecular formula is C9H10N2O4. The molecule has 15 heavy (non-hydrogen) atoms. The van der Waals surface area contributed by atoms with Crippen molar-refractivity contribution in [3.8, 4) is 0 Å². The summed E-state index contributed by atoms with van der Waals surface area (Å²) in [4.78, 5) is 25.3. The largest absolute Gasteiger partial charge is 0.465 e. The van der Waals surface area contributed by atoms with E-state index in [4.69, 9.17) is 11.0 Å². The monoisotopic (exact) mass is 210 g/mol. The summed E-state index contributed by atoms with van der Waals surface area (Å²) < 4.78 is 0. The zero-order valence-electron chi connectivity index (χ0n) is 7.77. The third kappa shape index (κ3) is 3.28. The van der Waals surface area contributed by atoms with Crippen LogP contribution in [0.1, 0.15) is 15.9 Å². The predicted molar refractivity (Wildman–Crippen MR) is 50.9 cm³/mol. The summed E-state index contributed by atoms with van der Waals surface area (Å²) in [6, 6.07) is 6.33. The quantitative estimate of drug-likeness (QED) is 0.630. The Bertz CT molecular complexity index is 378. The van der Waals surface area contributed by atoms with Gasteiger partial charge in [0.15, 0.2) is 0 Å². The Balaban J connectivity index is 2.74. The van der Waals surface area contributed by atoms with Gasteiger partial charge in [-0.2, -0.15) is 5.90 Å². The molecule has 0 aliphatic heterocycles. The van der Waals surface area contributed by atoms with Gasteiger partial charge in [-0.05, 0) is 17.7 Å². The van der Waals surface area contributed by atoms with Gasteiger partial charge in [-0.1, -0.05) is 12.1 Å². The Morgan fingerprint density at radius 3 is 2.80 bits per heavy atom. The van der Waals surface area contributed by atoms with Gasteiger partial charge in [0.25, 0.3) is 0 Å². The Kier molecular flexibility index (Phi) is 3.64. The lowest BCUT2D eigenvalue weighted by molar-refractivity contribution is 0.0503. The Labute approximate surface area is 85.6 Å². The van der Waals surface area contributed by atoms with E-state index >= 15 is 0 Å². The van der Waals surface area contributed by atoms with Crippen LogP contribution in [-0.2, 0) is 11.4 Å². The first kappa shape index (κ1) is 11.0. The number of carbonyl (C=O) groups is 2. The van der Waals surface area contributed by atoms with Gasteiger partial charge in [-0.15, -0.1) is 0 Å². The van der Waals surface area contributed by atoms with Crippen molar-refractivity contribution in [3.05, 3.63) is 35.4 Å². The van der Waals surface area contributed by atoms with E-state index in [0.29, 0.717) is 5.56 Å². The average molecular weight is 210 g/mol. The fraction of sp³-hybridized carbons (Fsp3) is 0.111. The van der Waals surface area contributed by atoms with Crippen LogP contribution >= 0.6 is 0 Å². The van der Waals surface area contributed by atoms with Gasteiger partial charge in [-0.25, -0.2) is 9.59 Å². The summed E-state index contributed by atoms with van der Waals surface area (Å²) in [5, 5.41) is 10.6. The SMILES string of the molecule is NOC(=O)c1cccc(CNC(=O)O)c1. The number of rotatable bonds is 3. The van der Waals surface area contributed by atoms with Crippen molar-refractivity contribution in [1.29, 1.82) is 0 Å². The molecule has 0 aliphatic carbocycles. The molecule has 1 amide bonds. The minimum Gasteiger partial charge on any atom is -0.465 e. The summed E-state index contributed by atoms with van der Waals surface area (Å²) in [6.45, 7) is 0.126. The van der Waals surface area contributed by atoms with Crippen LogP contribution in [0.2, 0.25) is 0 Å². The molecule has 0 saturated heterocycles. The van der Waals surface area contributed by atoms with E-state index in [2.05, 4.69) is 10.2 Å². The van der Waals surface area contributed by atoms with Crippen LogP contribution < -0.4 is 11.2 Å². The minimum atomic E-state index is -1.12. The van der Waals surface area contributed by atoms with E-state index < -0.39 is 12.1 Å². The van der Waals surface area contributed by atoms with Gasteiger partial charge in [-0.3, -0.25) is 0 Å². The van der Waals surface area contributed by atoms with Crippen molar-refractivity contribution >= 4 is 12.1 Å². The molecule has 4 N–H and O–H groups in total. The highest BCUT2D eigenvalue weighted by Gasteiger charge is 2.06. The molecule has 1 aromatic rings. The highest BCUT2D eigenvalue weighted by Crippen LogP contribution is 2.05. The first-order valence-electron chi connectivity index (χ1n) is 4.10. The third-order valence-corrected chi connectivity index (χ3v) is 1.71. The number of nitrogens with one attached hydrogen (secondary N) is 1. The summed E-state index contributed by atoms with van der Waals surface area (Å²) in [5.74, 6) is 4.06. The van der Waals surface area contributed by atoms with Gasteiger partial charge >= 0.3 is 12.1 Å². The zero-order valence-corrected chi connectivity index (χ0v) is 7.77. The number of carboxylic acid groups (broad SMARTS) is 1. The van der Waals surface area contributed by atoms with E-state index in [-0.39, 0.29) is 12.1 Å². The molecule has 0 unspecified atom stereocenters. The lowest BCUT2D eigenvalue weighted by Crippen LogP contribution is -2.20. The molecule has 6 nitrogen and oxygen atoms in total. The minimum absolute atomic E-state index is 0.126. The second-order valence-corrected chi connectivity index (χ2v) is 2.76. The average Bonchev–Trinajstić information content (AvgIpc) is 2.25. The summed E-state index contributed by atoms with van der Waals surface area (Å²) >= 11 is 0. The molecule has 0 atom stereocenters. The maximum atomic E-state index is 11.0. The van der Waals surface area contributed by atoms with Crippen molar-refractivity contribution in [2.45, 2.75) is 6.54 Å². The van der Waals surface area contributed by atoms with Gasteiger partial charge in [0.1, 0.15) is 0 Å². The van der Waals surface area contributed by atoms with E-state index in [1.807, 2.05) is 0 Å². The van der Waals surface area contributed by atoms with E-state index in [1.54, 1.807) is 12.1 Å². The molecule has 0 radical (unpaired) electrons. The molecule has 6 heteroatoms. The van der Waals surface area contributed by atoms with Crippen LogP contribution in [0.15, 0.2) is 24.3 Å². The number of hydrogen-bond acceptors (Lipinski definition) is 4. The van der Waals surface area contributed by atoms with Crippen LogP contribution in [0, 0.1) is 0 Å². The molecule has 0 heterocycles. The highest BCUT2D eigenvalue weighted by atomic mass is 16.7. The lowest BCUT2D eigenvalue weighted by Gasteiger charge is -2.03. The fourth-order valence-electron chi connectivity index (χ4n) is 1.05. The molecule has 0 fully saturated rings. The maximum absolute atomic E-state index is 11.0. The number of benzene rings is 1. The second-order valence-electron chi connectivity index (χ2n) is 2.76. The Morgan fingerprint density at radius 1 is 1.47 bits per heavy atom. The van der Waals surface area contributed by atoms with Crippen molar-refractivity contribution in [2.75, 3.05) is 0 Å². The predicted octanol–water partition coefficient (Wildman–Crippen LogP) is 0.485. The third-order valence-electron chi connectivity index (χ3n) is 1.71. The van der Waals surface area contributed by atoms with Crippen molar-refractivity contribution in [1.82, 2.24) is 5.32 Å². The van der Waals surface area contributed by atoms with Crippen molar-refractivity contribution in [3.63, 3.8) is 0 Å². The molecular weight excluding hydrogens is 200 g/mol. The van der Waals surface area contributed by atoms with Crippen LogP contribution in [0.5, 0.6) is 0 Å². The molecule has 0 saturated carbocycles. The Hall–Kier alpha value is -2.08. The molecule has 1 aromatic carbocycles. The Morgan fingerprint density at radius 2 is 2.20 bits per heavy atom. The molecule has 0 spiro atoms. The maximum Gasteiger partial charge on any atom is 0.404 e. The van der Waals surface area contributed by atoms with Crippen molar-refractivity contribution in [2.24, 2.45) is 5.90 Å². The first-order valence-corrected chi connectivity index (χ1v) is 4.10. The van der Waals surface area contributed by atoms with Crippen LogP contribution in [0.3, 0.4) is 0 Å². The second kappa shape index (κ2) is 4.97. The number of amides is 1. The smallest absolute Gasteiger partial charge is 0.404 e. The van der Waals surface area contributed by atoms with Crippen LogP contribution in [0.25, 0.3) is 0 Å². The fourth-order valence-corrected chi connectivity index (χ4v) is 1.05. The molecule has 0 bridgehead atoms. The number of nitrogens with two attached hydrogens (primary N) is 1. The number of carbonyl (C=O) groups excluding carboxylic acids is 1. The van der Waals surface area contributed by atoms with E-state index in [0.717, 1.165) is 0 Å². The summed E-state index contributed by atoms with van der Waals surface area (Å²) in [7, 11) is 0.